The van der Waals surface area contributed by atoms with Gasteiger partial charge in [-0.15, -0.1) is 0 Å². The molecule has 3 aromatic carbocycles. The van der Waals surface area contributed by atoms with Crippen LogP contribution in [-0.2, 0) is 32.6 Å². The number of carbonyl (C=O) groups excluding carboxylic acids is 2. The third-order valence-electron chi connectivity index (χ3n) is 5.70. The Balaban J connectivity index is 2.04. The molecule has 0 heterocycles. The molecule has 0 aliphatic carbocycles. The lowest BCUT2D eigenvalue weighted by Gasteiger charge is -2.34. The normalized spacial score (nSPS) is 12.1. The third-order valence-corrected chi connectivity index (χ3v) is 7.14. The van der Waals surface area contributed by atoms with Crippen LogP contribution in [0, 0.1) is 0 Å². The van der Waals surface area contributed by atoms with Gasteiger partial charge in [0.05, 0.1) is 17.0 Å². The Morgan fingerprint density at radius 3 is 1.95 bits per heavy atom. The van der Waals surface area contributed by atoms with Gasteiger partial charge in [0.2, 0.25) is 21.8 Å². The van der Waals surface area contributed by atoms with Gasteiger partial charge in [0.1, 0.15) is 12.6 Å². The SMILES string of the molecule is CC(C)NC(=O)[C@H](Cc1ccccc1)N(Cc1ccccc1)C(=O)CN(c1ccccc1Cl)S(C)(=O)=O. The molecule has 0 aliphatic rings. The van der Waals surface area contributed by atoms with Gasteiger partial charge in [-0.25, -0.2) is 8.42 Å². The molecule has 0 saturated carbocycles. The monoisotopic (exact) mass is 541 g/mol. The molecule has 7 nitrogen and oxygen atoms in total. The fourth-order valence-electron chi connectivity index (χ4n) is 3.96. The van der Waals surface area contributed by atoms with Crippen molar-refractivity contribution in [1.82, 2.24) is 10.2 Å². The van der Waals surface area contributed by atoms with Crippen LogP contribution in [0.25, 0.3) is 0 Å². The Morgan fingerprint density at radius 2 is 1.41 bits per heavy atom. The van der Waals surface area contributed by atoms with Gasteiger partial charge >= 0.3 is 0 Å². The van der Waals surface area contributed by atoms with Crippen molar-refractivity contribution in [3.05, 3.63) is 101 Å². The first-order valence-corrected chi connectivity index (χ1v) is 14.2. The summed E-state index contributed by atoms with van der Waals surface area (Å²) in [6.45, 7) is 3.33. The van der Waals surface area contributed by atoms with Gasteiger partial charge in [0, 0.05) is 19.0 Å². The number of anilines is 1. The van der Waals surface area contributed by atoms with Gasteiger partial charge in [0.15, 0.2) is 0 Å². The van der Waals surface area contributed by atoms with E-state index in [1.807, 2.05) is 74.5 Å². The zero-order valence-corrected chi connectivity index (χ0v) is 22.7. The zero-order valence-electron chi connectivity index (χ0n) is 21.2. The lowest BCUT2D eigenvalue weighted by atomic mass is 10.0. The maximum Gasteiger partial charge on any atom is 0.244 e. The summed E-state index contributed by atoms with van der Waals surface area (Å²) in [4.78, 5) is 28.8. The highest BCUT2D eigenvalue weighted by Crippen LogP contribution is 2.27. The molecule has 37 heavy (non-hydrogen) atoms. The largest absolute Gasteiger partial charge is 0.352 e. The first-order chi connectivity index (χ1) is 17.6. The molecular formula is C28H32ClN3O4S. The number of rotatable bonds is 11. The van der Waals surface area contributed by atoms with Crippen LogP contribution < -0.4 is 9.62 Å². The van der Waals surface area contributed by atoms with Crippen molar-refractivity contribution in [3.63, 3.8) is 0 Å². The lowest BCUT2D eigenvalue weighted by Crippen LogP contribution is -2.54. The first kappa shape index (κ1) is 28.2. The standard InChI is InChI=1S/C28H32ClN3O4S/c1-21(2)30-28(34)26(18-22-12-6-4-7-13-22)31(19-23-14-8-5-9-15-23)27(33)20-32(37(3,35)36)25-17-11-10-16-24(25)29/h4-17,21,26H,18-20H2,1-3H3,(H,30,34)/t26-/m0/s1. The fraction of sp³-hybridized carbons (Fsp3) is 0.286. The lowest BCUT2D eigenvalue weighted by molar-refractivity contribution is -0.140. The molecule has 0 bridgehead atoms. The molecule has 0 spiro atoms. The van der Waals surface area contributed by atoms with Crippen LogP contribution in [0.2, 0.25) is 5.02 Å². The van der Waals surface area contributed by atoms with E-state index in [-0.39, 0.29) is 35.6 Å². The minimum absolute atomic E-state index is 0.128. The van der Waals surface area contributed by atoms with Crippen LogP contribution >= 0.6 is 11.6 Å². The number of hydrogen-bond acceptors (Lipinski definition) is 4. The Hall–Kier alpha value is -3.36. The number of halogens is 1. The van der Waals surface area contributed by atoms with Gasteiger partial charge in [-0.2, -0.15) is 0 Å². The fourth-order valence-corrected chi connectivity index (χ4v) is 5.11. The summed E-state index contributed by atoms with van der Waals surface area (Å²) in [7, 11) is -3.86. The summed E-state index contributed by atoms with van der Waals surface area (Å²) >= 11 is 6.30. The topological polar surface area (TPSA) is 86.8 Å². The Morgan fingerprint density at radius 1 is 0.865 bits per heavy atom. The van der Waals surface area contributed by atoms with E-state index >= 15 is 0 Å². The van der Waals surface area contributed by atoms with E-state index in [0.29, 0.717) is 0 Å². The van der Waals surface area contributed by atoms with E-state index in [2.05, 4.69) is 5.32 Å². The average molecular weight is 542 g/mol. The second-order valence-electron chi connectivity index (χ2n) is 9.10. The van der Waals surface area contributed by atoms with E-state index < -0.39 is 28.5 Å². The van der Waals surface area contributed by atoms with Crippen molar-refractivity contribution in [2.45, 2.75) is 38.9 Å². The van der Waals surface area contributed by atoms with Crippen molar-refractivity contribution in [1.29, 1.82) is 0 Å². The van der Waals surface area contributed by atoms with Crippen LogP contribution in [0.1, 0.15) is 25.0 Å². The maximum absolute atomic E-state index is 13.9. The molecule has 0 saturated heterocycles. The number of sulfonamides is 1. The van der Waals surface area contributed by atoms with Gasteiger partial charge in [-0.05, 0) is 37.1 Å². The third kappa shape index (κ3) is 8.06. The van der Waals surface area contributed by atoms with Crippen molar-refractivity contribution in [2.75, 3.05) is 17.1 Å². The van der Waals surface area contributed by atoms with Crippen LogP contribution in [-0.4, -0.2) is 50.0 Å². The van der Waals surface area contributed by atoms with E-state index in [1.165, 1.54) is 4.90 Å². The zero-order chi connectivity index (χ0) is 27.0. The summed E-state index contributed by atoms with van der Waals surface area (Å²) in [6, 6.07) is 24.2. The van der Waals surface area contributed by atoms with Crippen LogP contribution in [0.3, 0.4) is 0 Å². The number of nitrogens with zero attached hydrogens (tertiary/aromatic N) is 2. The quantitative estimate of drug-likeness (QED) is 0.393. The van der Waals surface area contributed by atoms with Crippen molar-refractivity contribution < 1.29 is 18.0 Å². The number of hydrogen-bond donors (Lipinski definition) is 1. The van der Waals surface area contributed by atoms with Crippen molar-refractivity contribution >= 4 is 39.1 Å². The van der Waals surface area contributed by atoms with Crippen molar-refractivity contribution in [3.8, 4) is 0 Å². The number of amides is 2. The highest BCUT2D eigenvalue weighted by Gasteiger charge is 2.33. The predicted molar refractivity (Wildman–Crippen MR) is 148 cm³/mol. The van der Waals surface area contributed by atoms with Crippen molar-refractivity contribution in [2.24, 2.45) is 0 Å². The maximum atomic E-state index is 13.9. The molecule has 9 heteroatoms. The molecule has 2 amide bonds. The molecular weight excluding hydrogens is 510 g/mol. The second-order valence-corrected chi connectivity index (χ2v) is 11.4. The predicted octanol–water partition coefficient (Wildman–Crippen LogP) is 4.27. The number of para-hydroxylation sites is 1. The Bertz CT molecular complexity index is 1300. The van der Waals surface area contributed by atoms with Crippen LogP contribution in [0.4, 0.5) is 5.69 Å². The molecule has 0 radical (unpaired) electrons. The summed E-state index contributed by atoms with van der Waals surface area (Å²) < 4.78 is 26.5. The first-order valence-electron chi connectivity index (χ1n) is 12.0. The van der Waals surface area contributed by atoms with E-state index in [4.69, 9.17) is 11.6 Å². The summed E-state index contributed by atoms with van der Waals surface area (Å²) in [6.07, 6.45) is 1.29. The average Bonchev–Trinajstić information content (AvgIpc) is 2.85. The highest BCUT2D eigenvalue weighted by atomic mass is 35.5. The highest BCUT2D eigenvalue weighted by molar-refractivity contribution is 7.92. The molecule has 0 fully saturated rings. The summed E-state index contributed by atoms with van der Waals surface area (Å²) in [5.74, 6) is -0.833. The van der Waals surface area contributed by atoms with Crippen LogP contribution in [0.15, 0.2) is 84.9 Å². The molecule has 3 aromatic rings. The van der Waals surface area contributed by atoms with Gasteiger partial charge in [-0.3, -0.25) is 13.9 Å². The van der Waals surface area contributed by atoms with E-state index in [1.54, 1.807) is 24.3 Å². The molecule has 1 atom stereocenters. The van der Waals surface area contributed by atoms with E-state index in [9.17, 15) is 18.0 Å². The van der Waals surface area contributed by atoms with E-state index in [0.717, 1.165) is 21.7 Å². The smallest absolute Gasteiger partial charge is 0.244 e. The van der Waals surface area contributed by atoms with Gasteiger partial charge < -0.3 is 10.2 Å². The number of carbonyl (C=O) groups is 2. The molecule has 0 aromatic heterocycles. The molecule has 0 unspecified atom stereocenters. The Kier molecular flexibility index (Phi) is 9.72. The van der Waals surface area contributed by atoms with Crippen LogP contribution in [0.5, 0.6) is 0 Å². The van der Waals surface area contributed by atoms with Gasteiger partial charge in [0.25, 0.3) is 0 Å². The number of benzene rings is 3. The molecule has 3 rings (SSSR count). The molecule has 0 aliphatic heterocycles. The molecule has 1 N–H and O–H groups in total. The molecule has 196 valence electrons. The minimum Gasteiger partial charge on any atom is -0.352 e. The Labute approximate surface area is 224 Å². The summed E-state index contributed by atoms with van der Waals surface area (Å²) in [5, 5.41) is 3.13. The van der Waals surface area contributed by atoms with Gasteiger partial charge in [-0.1, -0.05) is 84.4 Å². The summed E-state index contributed by atoms with van der Waals surface area (Å²) in [5.41, 5.74) is 1.89. The number of nitrogens with one attached hydrogen (secondary N) is 1. The second kappa shape index (κ2) is 12.7. The minimum atomic E-state index is -3.86.